The van der Waals surface area contributed by atoms with E-state index >= 15 is 0 Å². The van der Waals surface area contributed by atoms with E-state index in [2.05, 4.69) is 29.6 Å². The van der Waals surface area contributed by atoms with Crippen LogP contribution in [0.4, 0.5) is 5.69 Å². The molecule has 2 aromatic carbocycles. The van der Waals surface area contributed by atoms with E-state index in [1.54, 1.807) is 24.3 Å². The zero-order valence-corrected chi connectivity index (χ0v) is 12.7. The predicted molar refractivity (Wildman–Crippen MR) is 87.2 cm³/mol. The maximum absolute atomic E-state index is 11.9. The number of hydrogen-bond donors (Lipinski definition) is 2. The second-order valence-electron chi connectivity index (χ2n) is 5.13. The van der Waals surface area contributed by atoms with E-state index in [-0.39, 0.29) is 19.1 Å². The van der Waals surface area contributed by atoms with Gasteiger partial charge < -0.3 is 15.2 Å². The van der Waals surface area contributed by atoms with Crippen LogP contribution in [0.5, 0.6) is 5.75 Å². The van der Waals surface area contributed by atoms with E-state index in [4.69, 9.17) is 9.84 Å². The molecule has 116 valence electrons. The number of aryl methyl sites for hydroxylation is 2. The second-order valence-corrected chi connectivity index (χ2v) is 5.13. The number of hydrogen-bond acceptors (Lipinski definition) is 3. The summed E-state index contributed by atoms with van der Waals surface area (Å²) in [6.07, 6.45) is 1.18. The van der Waals surface area contributed by atoms with Crippen molar-refractivity contribution in [3.8, 4) is 5.75 Å². The highest BCUT2D eigenvalue weighted by Gasteiger charge is 2.03. The molecule has 2 rings (SSSR count). The van der Waals surface area contributed by atoms with Crippen LogP contribution >= 0.6 is 0 Å². The third kappa shape index (κ3) is 5.22. The van der Waals surface area contributed by atoms with Crippen molar-refractivity contribution in [3.05, 3.63) is 59.7 Å². The molecule has 2 N–H and O–H groups in total. The molecule has 1 amide bonds. The van der Waals surface area contributed by atoms with Gasteiger partial charge in [-0.3, -0.25) is 4.79 Å². The molecule has 22 heavy (non-hydrogen) atoms. The number of benzene rings is 2. The molecule has 0 aliphatic rings. The molecule has 0 saturated heterocycles. The molecule has 4 heteroatoms. The third-order valence-electron chi connectivity index (χ3n) is 3.26. The summed E-state index contributed by atoms with van der Waals surface area (Å²) >= 11 is 0. The van der Waals surface area contributed by atoms with E-state index < -0.39 is 0 Å². The summed E-state index contributed by atoms with van der Waals surface area (Å²) in [5, 5.41) is 11.6. The first-order valence-corrected chi connectivity index (χ1v) is 7.36. The number of aliphatic hydroxyl groups is 1. The van der Waals surface area contributed by atoms with Crippen LogP contribution in [0.15, 0.2) is 48.5 Å². The van der Waals surface area contributed by atoms with Crippen molar-refractivity contribution in [2.75, 3.05) is 18.5 Å². The summed E-state index contributed by atoms with van der Waals surface area (Å²) in [6, 6.07) is 15.3. The largest absolute Gasteiger partial charge is 0.491 e. The molecule has 0 atom stereocenters. The first-order valence-electron chi connectivity index (χ1n) is 7.36. The summed E-state index contributed by atoms with van der Waals surface area (Å²) in [4.78, 5) is 11.9. The van der Waals surface area contributed by atoms with Crippen LogP contribution in [0.25, 0.3) is 0 Å². The number of anilines is 1. The van der Waals surface area contributed by atoms with E-state index in [0.29, 0.717) is 12.2 Å². The Morgan fingerprint density at radius 2 is 1.77 bits per heavy atom. The van der Waals surface area contributed by atoms with Crippen molar-refractivity contribution in [1.82, 2.24) is 0 Å². The number of carbonyl (C=O) groups is 1. The second kappa shape index (κ2) is 8.20. The number of nitrogens with one attached hydrogen (secondary N) is 1. The number of aliphatic hydroxyl groups excluding tert-OH is 1. The Bertz CT molecular complexity index is 591. The Hall–Kier alpha value is -2.33. The van der Waals surface area contributed by atoms with Gasteiger partial charge in [-0.15, -0.1) is 0 Å². The molecule has 4 nitrogen and oxygen atoms in total. The SMILES string of the molecule is Cc1ccc(CCC(=O)Nc2ccc(OCCO)cc2)cc1. The van der Waals surface area contributed by atoms with Crippen LogP contribution in [0.1, 0.15) is 17.5 Å². The van der Waals surface area contributed by atoms with Crippen LogP contribution < -0.4 is 10.1 Å². The molecule has 0 aliphatic heterocycles. The summed E-state index contributed by atoms with van der Waals surface area (Å²) in [5.74, 6) is 0.663. The predicted octanol–water partition coefficient (Wildman–Crippen LogP) is 2.94. The molecule has 0 saturated carbocycles. The Morgan fingerprint density at radius 3 is 2.41 bits per heavy atom. The third-order valence-corrected chi connectivity index (χ3v) is 3.26. The summed E-state index contributed by atoms with van der Waals surface area (Å²) < 4.78 is 5.27. The minimum absolute atomic E-state index is 0.00963. The van der Waals surface area contributed by atoms with Crippen LogP contribution in [-0.2, 0) is 11.2 Å². The van der Waals surface area contributed by atoms with Gasteiger partial charge in [-0.1, -0.05) is 29.8 Å². The standard InChI is InChI=1S/C18H21NO3/c1-14-2-4-15(5-3-14)6-11-18(21)19-16-7-9-17(10-8-16)22-13-12-20/h2-5,7-10,20H,6,11-13H2,1H3,(H,19,21). The Morgan fingerprint density at radius 1 is 1.09 bits per heavy atom. The fourth-order valence-electron chi connectivity index (χ4n) is 2.03. The molecule has 0 unspecified atom stereocenters. The normalized spacial score (nSPS) is 10.3. The van der Waals surface area contributed by atoms with Gasteiger partial charge in [0.05, 0.1) is 6.61 Å². The molecular formula is C18H21NO3. The fourth-order valence-corrected chi connectivity index (χ4v) is 2.03. The molecule has 0 heterocycles. The van der Waals surface area contributed by atoms with Crippen LogP contribution in [0.2, 0.25) is 0 Å². The minimum atomic E-state index is -0.0164. The van der Waals surface area contributed by atoms with Crippen molar-refractivity contribution in [2.45, 2.75) is 19.8 Å². The van der Waals surface area contributed by atoms with Gasteiger partial charge in [0.2, 0.25) is 5.91 Å². The van der Waals surface area contributed by atoms with Crippen LogP contribution in [0, 0.1) is 6.92 Å². The van der Waals surface area contributed by atoms with Crippen LogP contribution in [-0.4, -0.2) is 24.2 Å². The first-order chi connectivity index (χ1) is 10.7. The smallest absolute Gasteiger partial charge is 0.224 e. The fraction of sp³-hybridized carbons (Fsp3) is 0.278. The minimum Gasteiger partial charge on any atom is -0.491 e. The van der Waals surface area contributed by atoms with E-state index in [1.165, 1.54) is 5.56 Å². The highest BCUT2D eigenvalue weighted by Crippen LogP contribution is 2.16. The molecule has 0 aromatic heterocycles. The van der Waals surface area contributed by atoms with Gasteiger partial charge in [0, 0.05) is 12.1 Å². The van der Waals surface area contributed by atoms with Gasteiger partial charge >= 0.3 is 0 Å². The van der Waals surface area contributed by atoms with Crippen molar-refractivity contribution in [2.24, 2.45) is 0 Å². The maximum Gasteiger partial charge on any atom is 0.224 e. The molecule has 0 aliphatic carbocycles. The topological polar surface area (TPSA) is 58.6 Å². The number of rotatable bonds is 7. The van der Waals surface area contributed by atoms with Gasteiger partial charge in [0.1, 0.15) is 12.4 Å². The average molecular weight is 299 g/mol. The lowest BCUT2D eigenvalue weighted by Gasteiger charge is -2.08. The lowest BCUT2D eigenvalue weighted by molar-refractivity contribution is -0.116. The lowest BCUT2D eigenvalue weighted by Crippen LogP contribution is -2.12. The Labute approximate surface area is 130 Å². The zero-order chi connectivity index (χ0) is 15.8. The molecule has 2 aromatic rings. The van der Waals surface area contributed by atoms with Crippen molar-refractivity contribution < 1.29 is 14.6 Å². The van der Waals surface area contributed by atoms with E-state index in [0.717, 1.165) is 17.7 Å². The number of carbonyl (C=O) groups excluding carboxylic acids is 1. The Balaban J connectivity index is 1.80. The maximum atomic E-state index is 11.9. The summed E-state index contributed by atoms with van der Waals surface area (Å²) in [5.41, 5.74) is 3.12. The highest BCUT2D eigenvalue weighted by atomic mass is 16.5. The van der Waals surface area contributed by atoms with Gasteiger partial charge in [0.25, 0.3) is 0 Å². The van der Waals surface area contributed by atoms with Gasteiger partial charge in [-0.05, 0) is 43.2 Å². The van der Waals surface area contributed by atoms with Gasteiger partial charge in [-0.2, -0.15) is 0 Å². The highest BCUT2D eigenvalue weighted by molar-refractivity contribution is 5.90. The van der Waals surface area contributed by atoms with Crippen LogP contribution in [0.3, 0.4) is 0 Å². The zero-order valence-electron chi connectivity index (χ0n) is 12.7. The Kier molecular flexibility index (Phi) is 5.98. The van der Waals surface area contributed by atoms with Crippen molar-refractivity contribution in [1.29, 1.82) is 0 Å². The molecule has 0 spiro atoms. The van der Waals surface area contributed by atoms with Crippen molar-refractivity contribution >= 4 is 11.6 Å². The monoisotopic (exact) mass is 299 g/mol. The summed E-state index contributed by atoms with van der Waals surface area (Å²) in [7, 11) is 0. The summed E-state index contributed by atoms with van der Waals surface area (Å²) in [6.45, 7) is 2.30. The molecule has 0 bridgehead atoms. The molecule has 0 radical (unpaired) electrons. The average Bonchev–Trinajstić information content (AvgIpc) is 2.54. The molecular weight excluding hydrogens is 278 g/mol. The van der Waals surface area contributed by atoms with Gasteiger partial charge in [-0.25, -0.2) is 0 Å². The number of ether oxygens (including phenoxy) is 1. The van der Waals surface area contributed by atoms with E-state index in [1.807, 2.05) is 6.92 Å². The lowest BCUT2D eigenvalue weighted by atomic mass is 10.1. The first kappa shape index (κ1) is 16.0. The number of amides is 1. The van der Waals surface area contributed by atoms with Gasteiger partial charge in [0.15, 0.2) is 0 Å². The molecule has 0 fully saturated rings. The van der Waals surface area contributed by atoms with E-state index in [9.17, 15) is 4.79 Å². The quantitative estimate of drug-likeness (QED) is 0.826. The van der Waals surface area contributed by atoms with Crippen molar-refractivity contribution in [3.63, 3.8) is 0 Å².